The molecule has 1 saturated carbocycles. The normalized spacial score (nSPS) is 19.6. The molecule has 2 aliphatic rings. The van der Waals surface area contributed by atoms with Crippen LogP contribution in [0.3, 0.4) is 0 Å². The van der Waals surface area contributed by atoms with Crippen LogP contribution in [0.25, 0.3) is 5.65 Å². The van der Waals surface area contributed by atoms with Gasteiger partial charge in [0.15, 0.2) is 0 Å². The topological polar surface area (TPSA) is 54.7 Å². The number of nitrogens with zero attached hydrogens (tertiary/aromatic N) is 3. The average molecular weight is 297 g/mol. The Kier molecular flexibility index (Phi) is 2.86. The molecule has 4 rings (SSSR count). The first-order valence-corrected chi connectivity index (χ1v) is 7.86. The Hall–Kier alpha value is -2.17. The highest BCUT2D eigenvalue weighted by atomic mass is 16.2. The lowest BCUT2D eigenvalue weighted by Gasteiger charge is -2.37. The lowest BCUT2D eigenvalue weighted by Crippen LogP contribution is -2.38. The molecule has 1 saturated heterocycles. The molecule has 0 N–H and O–H groups in total. The zero-order valence-corrected chi connectivity index (χ0v) is 12.7. The largest absolute Gasteiger partial charge is 0.338 e. The number of hydrogen-bond acceptors (Lipinski definition) is 3. The molecule has 1 aliphatic carbocycles. The maximum Gasteiger partial charge on any atom is 0.270 e. The third kappa shape index (κ3) is 1.88. The van der Waals surface area contributed by atoms with E-state index >= 15 is 0 Å². The molecule has 2 aromatic heterocycles. The maximum absolute atomic E-state index is 12.7. The van der Waals surface area contributed by atoms with Gasteiger partial charge in [-0.2, -0.15) is 0 Å². The second-order valence-electron chi connectivity index (χ2n) is 6.69. The van der Waals surface area contributed by atoms with Crippen molar-refractivity contribution in [1.29, 1.82) is 0 Å². The molecular formula is C17H19N3O2. The minimum absolute atomic E-state index is 0.169. The lowest BCUT2D eigenvalue weighted by molar-refractivity contribution is 0.0730. The van der Waals surface area contributed by atoms with Crippen molar-refractivity contribution in [2.75, 3.05) is 13.1 Å². The van der Waals surface area contributed by atoms with E-state index < -0.39 is 0 Å². The van der Waals surface area contributed by atoms with E-state index in [1.165, 1.54) is 29.9 Å². The molecule has 1 spiro atoms. The molecule has 22 heavy (non-hydrogen) atoms. The molecule has 5 nitrogen and oxygen atoms in total. The summed E-state index contributed by atoms with van der Waals surface area (Å²) in [5.74, 6) is -0.169. The van der Waals surface area contributed by atoms with E-state index in [2.05, 4.69) is 4.98 Å². The quantitative estimate of drug-likeness (QED) is 0.809. The molecule has 5 heteroatoms. The third-order valence-electron chi connectivity index (χ3n) is 5.30. The van der Waals surface area contributed by atoms with Gasteiger partial charge in [-0.3, -0.25) is 14.0 Å². The van der Waals surface area contributed by atoms with Gasteiger partial charge in [0.25, 0.3) is 11.5 Å². The highest BCUT2D eigenvalue weighted by Crippen LogP contribution is 2.48. The average Bonchev–Trinajstić information content (AvgIpc) is 2.94. The van der Waals surface area contributed by atoms with Crippen LogP contribution in [0.4, 0.5) is 0 Å². The summed E-state index contributed by atoms with van der Waals surface area (Å²) in [5, 5.41) is 0. The summed E-state index contributed by atoms with van der Waals surface area (Å²) in [6.45, 7) is 3.46. The van der Waals surface area contributed by atoms with Gasteiger partial charge in [-0.1, -0.05) is 12.5 Å². The Balaban J connectivity index is 1.71. The van der Waals surface area contributed by atoms with E-state index in [9.17, 15) is 9.59 Å². The number of carbonyl (C=O) groups excluding carboxylic acids is 1. The molecule has 2 aromatic rings. The second-order valence-corrected chi connectivity index (χ2v) is 6.69. The van der Waals surface area contributed by atoms with Gasteiger partial charge in [0.1, 0.15) is 11.2 Å². The van der Waals surface area contributed by atoms with Crippen LogP contribution in [0, 0.1) is 12.3 Å². The van der Waals surface area contributed by atoms with Crippen molar-refractivity contribution in [2.45, 2.75) is 32.6 Å². The fourth-order valence-electron chi connectivity index (χ4n) is 3.76. The van der Waals surface area contributed by atoms with Crippen molar-refractivity contribution in [3.63, 3.8) is 0 Å². The molecule has 1 aliphatic heterocycles. The predicted molar refractivity (Wildman–Crippen MR) is 83.0 cm³/mol. The molecule has 114 valence electrons. The molecule has 3 heterocycles. The first kappa shape index (κ1) is 13.5. The Morgan fingerprint density at radius 1 is 1.32 bits per heavy atom. The zero-order valence-electron chi connectivity index (χ0n) is 12.7. The van der Waals surface area contributed by atoms with Gasteiger partial charge in [-0.05, 0) is 43.2 Å². The van der Waals surface area contributed by atoms with Crippen molar-refractivity contribution in [3.05, 3.63) is 46.0 Å². The molecule has 1 amide bonds. The van der Waals surface area contributed by atoms with Gasteiger partial charge in [-0.25, -0.2) is 4.98 Å². The smallest absolute Gasteiger partial charge is 0.270 e. The zero-order chi connectivity index (χ0) is 15.3. The first-order valence-electron chi connectivity index (χ1n) is 7.86. The van der Waals surface area contributed by atoms with Crippen LogP contribution in [0.15, 0.2) is 29.3 Å². The van der Waals surface area contributed by atoms with Crippen molar-refractivity contribution in [1.82, 2.24) is 14.3 Å². The van der Waals surface area contributed by atoms with Crippen LogP contribution in [0.2, 0.25) is 0 Å². The number of pyridine rings is 1. The van der Waals surface area contributed by atoms with Gasteiger partial charge < -0.3 is 4.90 Å². The van der Waals surface area contributed by atoms with Gasteiger partial charge in [-0.15, -0.1) is 0 Å². The number of aryl methyl sites for hydroxylation is 1. The highest BCUT2D eigenvalue weighted by Gasteiger charge is 2.44. The summed E-state index contributed by atoms with van der Waals surface area (Å²) in [6, 6.07) is 3.71. The number of aromatic nitrogens is 2. The molecule has 0 atom stereocenters. The van der Waals surface area contributed by atoms with E-state index in [0.29, 0.717) is 11.1 Å². The Labute approximate surface area is 128 Å². The number of fused-ring (bicyclic) bond motifs is 1. The van der Waals surface area contributed by atoms with E-state index in [1.54, 1.807) is 12.3 Å². The fourth-order valence-corrected chi connectivity index (χ4v) is 3.76. The van der Waals surface area contributed by atoms with E-state index in [0.717, 1.165) is 25.1 Å². The molecule has 2 fully saturated rings. The van der Waals surface area contributed by atoms with Gasteiger partial charge in [0.05, 0.1) is 0 Å². The van der Waals surface area contributed by atoms with E-state index in [-0.39, 0.29) is 17.0 Å². The van der Waals surface area contributed by atoms with E-state index in [1.807, 2.05) is 17.9 Å². The number of carbonyl (C=O) groups is 1. The first-order chi connectivity index (χ1) is 10.6. The molecular weight excluding hydrogens is 278 g/mol. The third-order valence-corrected chi connectivity index (χ3v) is 5.30. The Morgan fingerprint density at radius 2 is 2.14 bits per heavy atom. The molecule has 0 bridgehead atoms. The number of rotatable bonds is 1. The second kappa shape index (κ2) is 4.66. The van der Waals surface area contributed by atoms with Crippen LogP contribution < -0.4 is 5.56 Å². The summed E-state index contributed by atoms with van der Waals surface area (Å²) >= 11 is 0. The number of likely N-dealkylation sites (tertiary alicyclic amines) is 1. The summed E-state index contributed by atoms with van der Waals surface area (Å²) < 4.78 is 1.47. The summed E-state index contributed by atoms with van der Waals surface area (Å²) in [5.41, 5.74) is 1.79. The summed E-state index contributed by atoms with van der Waals surface area (Å²) in [4.78, 5) is 31.4. The molecule has 0 unspecified atom stereocenters. The van der Waals surface area contributed by atoms with Crippen molar-refractivity contribution < 1.29 is 4.79 Å². The number of amides is 1. The van der Waals surface area contributed by atoms with Crippen LogP contribution >= 0.6 is 0 Å². The minimum Gasteiger partial charge on any atom is -0.338 e. The number of hydrogen-bond donors (Lipinski definition) is 0. The Morgan fingerprint density at radius 3 is 2.82 bits per heavy atom. The van der Waals surface area contributed by atoms with Crippen LogP contribution in [-0.2, 0) is 0 Å². The minimum atomic E-state index is -0.270. The predicted octanol–water partition coefficient (Wildman–Crippen LogP) is 2.02. The summed E-state index contributed by atoms with van der Waals surface area (Å²) in [6.07, 6.45) is 7.88. The van der Waals surface area contributed by atoms with Crippen LogP contribution in [0.5, 0.6) is 0 Å². The Bertz CT molecular complexity index is 820. The fraction of sp³-hybridized carbons (Fsp3) is 0.471. The SMILES string of the molecule is Cc1cccn2c(=O)c(C(=O)N3CCC4(CCC4)C3)cnc12. The van der Waals surface area contributed by atoms with E-state index in [4.69, 9.17) is 0 Å². The van der Waals surface area contributed by atoms with Crippen molar-refractivity contribution in [3.8, 4) is 0 Å². The van der Waals surface area contributed by atoms with Crippen molar-refractivity contribution in [2.24, 2.45) is 5.41 Å². The standard InChI is InChI=1S/C17H19N3O2/c1-12-4-2-8-20-14(12)18-10-13(16(20)22)15(21)19-9-7-17(11-19)5-3-6-17/h2,4,8,10H,3,5-7,9,11H2,1H3. The summed E-state index contributed by atoms with van der Waals surface area (Å²) in [7, 11) is 0. The monoisotopic (exact) mass is 297 g/mol. The molecule has 0 aromatic carbocycles. The van der Waals surface area contributed by atoms with Crippen molar-refractivity contribution >= 4 is 11.6 Å². The van der Waals surface area contributed by atoms with Gasteiger partial charge in [0, 0.05) is 25.5 Å². The van der Waals surface area contributed by atoms with Gasteiger partial charge in [0.2, 0.25) is 0 Å². The van der Waals surface area contributed by atoms with Gasteiger partial charge >= 0.3 is 0 Å². The maximum atomic E-state index is 12.7. The highest BCUT2D eigenvalue weighted by molar-refractivity contribution is 5.94. The lowest BCUT2D eigenvalue weighted by atomic mass is 9.68. The van der Waals surface area contributed by atoms with Crippen LogP contribution in [0.1, 0.15) is 41.6 Å². The van der Waals surface area contributed by atoms with Crippen LogP contribution in [-0.4, -0.2) is 33.3 Å². The molecule has 0 radical (unpaired) electrons.